The number of rotatable bonds is 5. The van der Waals surface area contributed by atoms with Gasteiger partial charge in [0.25, 0.3) is 0 Å². The van der Waals surface area contributed by atoms with Crippen LogP contribution in [0, 0.1) is 6.92 Å². The van der Waals surface area contributed by atoms with E-state index in [0.29, 0.717) is 11.5 Å². The van der Waals surface area contributed by atoms with Gasteiger partial charge in [-0.3, -0.25) is 0 Å². The molecular weight excluding hydrogens is 278 g/mol. The van der Waals surface area contributed by atoms with Gasteiger partial charge in [-0.25, -0.2) is 4.98 Å². The summed E-state index contributed by atoms with van der Waals surface area (Å²) in [6, 6.07) is 5.60. The van der Waals surface area contributed by atoms with Crippen LogP contribution in [0.4, 0.5) is 5.69 Å². The smallest absolute Gasteiger partial charge is 0.120 e. The highest BCUT2D eigenvalue weighted by atomic mass is 32.1. The minimum atomic E-state index is 0.367. The van der Waals surface area contributed by atoms with Crippen molar-refractivity contribution in [2.24, 2.45) is 5.73 Å². The number of thiocarbonyl (C=S) groups is 1. The lowest BCUT2D eigenvalue weighted by Crippen LogP contribution is -2.13. The van der Waals surface area contributed by atoms with E-state index >= 15 is 0 Å². The van der Waals surface area contributed by atoms with Crippen LogP contribution < -0.4 is 15.8 Å². The molecule has 0 atom stereocenters. The molecule has 0 saturated heterocycles. The second-order valence-electron chi connectivity index (χ2n) is 3.99. The third kappa shape index (κ3) is 3.21. The van der Waals surface area contributed by atoms with E-state index in [2.05, 4.69) is 10.3 Å². The van der Waals surface area contributed by atoms with E-state index in [1.165, 1.54) is 4.88 Å². The Morgan fingerprint density at radius 2 is 2.32 bits per heavy atom. The number of thiazole rings is 1. The van der Waals surface area contributed by atoms with E-state index in [-0.39, 0.29) is 0 Å². The normalized spacial score (nSPS) is 10.2. The van der Waals surface area contributed by atoms with E-state index in [0.717, 1.165) is 22.7 Å². The van der Waals surface area contributed by atoms with Crippen LogP contribution >= 0.6 is 23.6 Å². The van der Waals surface area contributed by atoms with E-state index in [4.69, 9.17) is 22.7 Å². The molecule has 0 aliphatic rings. The van der Waals surface area contributed by atoms with E-state index in [9.17, 15) is 0 Å². The zero-order valence-electron chi connectivity index (χ0n) is 10.8. The van der Waals surface area contributed by atoms with Crippen molar-refractivity contribution in [1.29, 1.82) is 0 Å². The first-order chi connectivity index (χ1) is 9.11. The number of anilines is 1. The number of aromatic nitrogens is 1. The Hall–Kier alpha value is -1.66. The maximum absolute atomic E-state index is 5.73. The quantitative estimate of drug-likeness (QED) is 0.830. The van der Waals surface area contributed by atoms with E-state index in [1.807, 2.05) is 30.6 Å². The molecule has 0 aliphatic heterocycles. The van der Waals surface area contributed by atoms with Crippen LogP contribution in [0.3, 0.4) is 0 Å². The third-order valence-electron chi connectivity index (χ3n) is 2.78. The summed E-state index contributed by atoms with van der Waals surface area (Å²) < 4.78 is 5.22. The number of hydrogen-bond acceptors (Lipinski definition) is 5. The van der Waals surface area contributed by atoms with Gasteiger partial charge in [0.1, 0.15) is 10.7 Å². The number of benzene rings is 1. The molecule has 0 amide bonds. The molecule has 6 heteroatoms. The summed E-state index contributed by atoms with van der Waals surface area (Å²) in [4.78, 5) is 5.78. The van der Waals surface area contributed by atoms with Gasteiger partial charge in [-0.15, -0.1) is 11.3 Å². The largest absolute Gasteiger partial charge is 0.497 e. The maximum atomic E-state index is 5.73. The third-order valence-corrected chi connectivity index (χ3v) is 3.93. The first-order valence-electron chi connectivity index (χ1n) is 5.72. The Bertz CT molecular complexity index is 595. The lowest BCUT2D eigenvalue weighted by molar-refractivity contribution is 0.415. The molecule has 0 unspecified atom stereocenters. The van der Waals surface area contributed by atoms with Gasteiger partial charge in [-0.1, -0.05) is 12.2 Å². The molecule has 0 saturated carbocycles. The van der Waals surface area contributed by atoms with Gasteiger partial charge in [-0.05, 0) is 19.1 Å². The summed E-state index contributed by atoms with van der Waals surface area (Å²) in [6.07, 6.45) is 0. The Balaban J connectivity index is 2.22. The van der Waals surface area contributed by atoms with Crippen LogP contribution in [0.5, 0.6) is 5.75 Å². The van der Waals surface area contributed by atoms with Gasteiger partial charge in [0, 0.05) is 22.2 Å². The SMILES string of the molecule is COc1ccc(C(N)=S)c(NCc2scnc2C)c1. The second kappa shape index (κ2) is 5.99. The lowest BCUT2D eigenvalue weighted by Gasteiger charge is -2.12. The Kier molecular flexibility index (Phi) is 4.34. The Morgan fingerprint density at radius 3 is 2.89 bits per heavy atom. The van der Waals surface area contributed by atoms with E-state index < -0.39 is 0 Å². The van der Waals surface area contributed by atoms with Crippen molar-refractivity contribution in [2.75, 3.05) is 12.4 Å². The summed E-state index contributed by atoms with van der Waals surface area (Å²) in [5, 5.41) is 3.34. The molecule has 19 heavy (non-hydrogen) atoms. The molecular formula is C13H15N3OS2. The average molecular weight is 293 g/mol. The van der Waals surface area contributed by atoms with Crippen LogP contribution in [0.15, 0.2) is 23.7 Å². The van der Waals surface area contributed by atoms with Gasteiger partial charge in [0.05, 0.1) is 24.9 Å². The van der Waals surface area contributed by atoms with Crippen molar-refractivity contribution in [2.45, 2.75) is 13.5 Å². The van der Waals surface area contributed by atoms with Crippen LogP contribution in [-0.4, -0.2) is 17.1 Å². The molecule has 2 aromatic rings. The Labute approximate surface area is 121 Å². The first kappa shape index (κ1) is 13.8. The summed E-state index contributed by atoms with van der Waals surface area (Å²) >= 11 is 6.68. The van der Waals surface area contributed by atoms with Crippen molar-refractivity contribution < 1.29 is 4.74 Å². The fourth-order valence-corrected chi connectivity index (χ4v) is 2.58. The second-order valence-corrected chi connectivity index (χ2v) is 5.37. The van der Waals surface area contributed by atoms with Gasteiger partial charge in [-0.2, -0.15) is 0 Å². The number of nitrogens with one attached hydrogen (secondary N) is 1. The first-order valence-corrected chi connectivity index (χ1v) is 7.01. The van der Waals surface area contributed by atoms with Gasteiger partial charge >= 0.3 is 0 Å². The molecule has 0 spiro atoms. The van der Waals surface area contributed by atoms with Crippen LogP contribution in [0.1, 0.15) is 16.1 Å². The van der Waals surface area contributed by atoms with Crippen LogP contribution in [0.2, 0.25) is 0 Å². The minimum Gasteiger partial charge on any atom is -0.497 e. The monoisotopic (exact) mass is 293 g/mol. The fraction of sp³-hybridized carbons (Fsp3) is 0.231. The molecule has 0 fully saturated rings. The molecule has 100 valence electrons. The summed E-state index contributed by atoms with van der Waals surface area (Å²) in [7, 11) is 1.63. The summed E-state index contributed by atoms with van der Waals surface area (Å²) in [6.45, 7) is 2.69. The lowest BCUT2D eigenvalue weighted by atomic mass is 10.1. The number of ether oxygens (including phenoxy) is 1. The maximum Gasteiger partial charge on any atom is 0.120 e. The average Bonchev–Trinajstić information content (AvgIpc) is 2.81. The zero-order valence-corrected chi connectivity index (χ0v) is 12.4. The fourth-order valence-electron chi connectivity index (χ4n) is 1.68. The Morgan fingerprint density at radius 1 is 1.53 bits per heavy atom. The van der Waals surface area contributed by atoms with Crippen molar-refractivity contribution in [3.63, 3.8) is 0 Å². The summed E-state index contributed by atoms with van der Waals surface area (Å²) in [5.74, 6) is 0.767. The van der Waals surface area contributed by atoms with Crippen molar-refractivity contribution in [3.8, 4) is 5.75 Å². The standard InChI is InChI=1S/C13H15N3OS2/c1-8-12(19-7-16-8)6-15-11-5-9(17-2)3-4-10(11)13(14)18/h3-5,7,15H,6H2,1-2H3,(H2,14,18). The van der Waals surface area contributed by atoms with E-state index in [1.54, 1.807) is 18.4 Å². The van der Waals surface area contributed by atoms with Crippen molar-refractivity contribution >= 4 is 34.2 Å². The minimum absolute atomic E-state index is 0.367. The summed E-state index contributed by atoms with van der Waals surface area (Å²) in [5.41, 5.74) is 10.3. The molecule has 1 aromatic heterocycles. The van der Waals surface area contributed by atoms with Gasteiger partial charge < -0.3 is 15.8 Å². The predicted octanol–water partition coefficient (Wildman–Crippen LogP) is 2.71. The van der Waals surface area contributed by atoms with Crippen LogP contribution in [-0.2, 0) is 6.54 Å². The highest BCUT2D eigenvalue weighted by Crippen LogP contribution is 2.24. The molecule has 0 aliphatic carbocycles. The number of aryl methyl sites for hydroxylation is 1. The van der Waals surface area contributed by atoms with Gasteiger partial charge in [0.2, 0.25) is 0 Å². The predicted molar refractivity (Wildman–Crippen MR) is 83.1 cm³/mol. The molecule has 1 heterocycles. The molecule has 2 rings (SSSR count). The molecule has 0 radical (unpaired) electrons. The highest BCUT2D eigenvalue weighted by molar-refractivity contribution is 7.80. The van der Waals surface area contributed by atoms with Crippen molar-refractivity contribution in [1.82, 2.24) is 4.98 Å². The molecule has 1 aromatic carbocycles. The number of hydrogen-bond donors (Lipinski definition) is 2. The number of methoxy groups -OCH3 is 1. The van der Waals surface area contributed by atoms with Crippen LogP contribution in [0.25, 0.3) is 0 Å². The molecule has 4 nitrogen and oxygen atoms in total. The topological polar surface area (TPSA) is 60.2 Å². The number of nitrogens with zero attached hydrogens (tertiary/aromatic N) is 1. The molecule has 0 bridgehead atoms. The van der Waals surface area contributed by atoms with Gasteiger partial charge in [0.15, 0.2) is 0 Å². The molecule has 3 N–H and O–H groups in total. The highest BCUT2D eigenvalue weighted by Gasteiger charge is 2.08. The zero-order chi connectivity index (χ0) is 13.8. The number of nitrogens with two attached hydrogens (primary N) is 1. The van der Waals surface area contributed by atoms with Crippen molar-refractivity contribution in [3.05, 3.63) is 39.8 Å².